The SMILES string of the molecule is CNS(=O)(=O)c1csc(C(=O)OCc2sc(C)nc2C)c1. The van der Waals surface area contributed by atoms with Crippen LogP contribution >= 0.6 is 22.7 Å². The molecule has 21 heavy (non-hydrogen) atoms. The Morgan fingerprint density at radius 1 is 1.43 bits per heavy atom. The highest BCUT2D eigenvalue weighted by Crippen LogP contribution is 2.22. The van der Waals surface area contributed by atoms with Gasteiger partial charge in [-0.3, -0.25) is 0 Å². The number of thiophene rings is 1. The molecular formula is C12H14N2O4S3. The lowest BCUT2D eigenvalue weighted by Gasteiger charge is -2.01. The fraction of sp³-hybridized carbons (Fsp3) is 0.333. The van der Waals surface area contributed by atoms with E-state index in [2.05, 4.69) is 9.71 Å². The van der Waals surface area contributed by atoms with E-state index in [9.17, 15) is 13.2 Å². The molecule has 2 aromatic rings. The first-order chi connectivity index (χ1) is 9.83. The van der Waals surface area contributed by atoms with Gasteiger partial charge in [0, 0.05) is 5.38 Å². The highest BCUT2D eigenvalue weighted by atomic mass is 32.2. The summed E-state index contributed by atoms with van der Waals surface area (Å²) in [6.07, 6.45) is 0. The molecule has 2 rings (SSSR count). The third-order valence-corrected chi connectivity index (χ3v) is 6.19. The van der Waals surface area contributed by atoms with Gasteiger partial charge in [0.15, 0.2) is 0 Å². The largest absolute Gasteiger partial charge is 0.456 e. The molecule has 0 aromatic carbocycles. The van der Waals surface area contributed by atoms with Gasteiger partial charge in [0.2, 0.25) is 10.0 Å². The number of hydrogen-bond acceptors (Lipinski definition) is 7. The Morgan fingerprint density at radius 2 is 2.14 bits per heavy atom. The molecule has 0 spiro atoms. The van der Waals surface area contributed by atoms with Gasteiger partial charge in [0.1, 0.15) is 11.5 Å². The minimum Gasteiger partial charge on any atom is -0.456 e. The molecule has 0 aliphatic rings. The molecule has 0 atom stereocenters. The van der Waals surface area contributed by atoms with Gasteiger partial charge in [-0.2, -0.15) is 0 Å². The minimum atomic E-state index is -3.54. The third kappa shape index (κ3) is 3.67. The number of aryl methyl sites for hydroxylation is 2. The van der Waals surface area contributed by atoms with Crippen molar-refractivity contribution in [3.63, 3.8) is 0 Å². The van der Waals surface area contributed by atoms with Gasteiger partial charge < -0.3 is 4.74 Å². The second kappa shape index (κ2) is 6.22. The van der Waals surface area contributed by atoms with Crippen molar-refractivity contribution >= 4 is 38.7 Å². The molecule has 0 saturated heterocycles. The molecule has 0 fully saturated rings. The summed E-state index contributed by atoms with van der Waals surface area (Å²) in [7, 11) is -2.22. The molecule has 0 amide bonds. The van der Waals surface area contributed by atoms with Crippen molar-refractivity contribution in [1.82, 2.24) is 9.71 Å². The van der Waals surface area contributed by atoms with Crippen molar-refractivity contribution in [1.29, 1.82) is 0 Å². The monoisotopic (exact) mass is 346 g/mol. The normalized spacial score (nSPS) is 11.6. The maximum Gasteiger partial charge on any atom is 0.348 e. The van der Waals surface area contributed by atoms with E-state index in [0.29, 0.717) is 0 Å². The van der Waals surface area contributed by atoms with Crippen LogP contribution in [0.25, 0.3) is 0 Å². The third-order valence-electron chi connectivity index (χ3n) is 2.69. The number of esters is 1. The van der Waals surface area contributed by atoms with E-state index in [1.54, 1.807) is 0 Å². The molecular weight excluding hydrogens is 332 g/mol. The number of carbonyl (C=O) groups is 1. The summed E-state index contributed by atoms with van der Waals surface area (Å²) >= 11 is 2.51. The van der Waals surface area contributed by atoms with Crippen molar-refractivity contribution in [3.05, 3.63) is 31.9 Å². The van der Waals surface area contributed by atoms with Crippen molar-refractivity contribution < 1.29 is 17.9 Å². The molecule has 0 unspecified atom stereocenters. The van der Waals surface area contributed by atoms with Crippen LogP contribution in [0.2, 0.25) is 0 Å². The summed E-state index contributed by atoms with van der Waals surface area (Å²) in [5, 5.41) is 2.32. The molecule has 9 heteroatoms. The molecule has 0 saturated carbocycles. The molecule has 2 heterocycles. The van der Waals surface area contributed by atoms with Crippen LogP contribution in [0.5, 0.6) is 0 Å². The van der Waals surface area contributed by atoms with E-state index < -0.39 is 16.0 Å². The molecule has 1 N–H and O–H groups in total. The van der Waals surface area contributed by atoms with E-state index in [-0.39, 0.29) is 16.4 Å². The van der Waals surface area contributed by atoms with Crippen LogP contribution in [-0.2, 0) is 21.4 Å². The number of thiazole rings is 1. The number of rotatable bonds is 5. The van der Waals surface area contributed by atoms with Gasteiger partial charge in [-0.25, -0.2) is 22.9 Å². The predicted octanol–water partition coefficient (Wildman–Crippen LogP) is 2.09. The Morgan fingerprint density at radius 3 is 2.71 bits per heavy atom. The van der Waals surface area contributed by atoms with E-state index in [1.807, 2.05) is 13.8 Å². The molecule has 0 aliphatic carbocycles. The first-order valence-electron chi connectivity index (χ1n) is 5.95. The van der Waals surface area contributed by atoms with Gasteiger partial charge >= 0.3 is 5.97 Å². The van der Waals surface area contributed by atoms with Gasteiger partial charge in [0.05, 0.1) is 20.5 Å². The molecule has 114 valence electrons. The summed E-state index contributed by atoms with van der Waals surface area (Å²) in [6.45, 7) is 3.88. The van der Waals surface area contributed by atoms with E-state index in [0.717, 1.165) is 26.9 Å². The van der Waals surface area contributed by atoms with Crippen LogP contribution < -0.4 is 4.72 Å². The van der Waals surface area contributed by atoms with Crippen LogP contribution in [0.3, 0.4) is 0 Å². The number of carbonyl (C=O) groups excluding carboxylic acids is 1. The number of hydrogen-bond donors (Lipinski definition) is 1. The van der Waals surface area contributed by atoms with E-state index >= 15 is 0 Å². The van der Waals surface area contributed by atoms with Crippen molar-refractivity contribution in [2.75, 3.05) is 7.05 Å². The lowest BCUT2D eigenvalue weighted by Crippen LogP contribution is -2.17. The van der Waals surface area contributed by atoms with Crippen LogP contribution in [0.4, 0.5) is 0 Å². The first kappa shape index (κ1) is 16.1. The maximum absolute atomic E-state index is 11.9. The van der Waals surface area contributed by atoms with Crippen LogP contribution in [0, 0.1) is 13.8 Å². The lowest BCUT2D eigenvalue weighted by molar-refractivity contribution is 0.0481. The number of nitrogens with zero attached hydrogens (tertiary/aromatic N) is 1. The lowest BCUT2D eigenvalue weighted by atomic mass is 10.4. The molecule has 6 nitrogen and oxygen atoms in total. The number of aromatic nitrogens is 1. The standard InChI is InChI=1S/C12H14N2O4S3/c1-7-11(20-8(2)14-7)5-18-12(15)10-4-9(6-19-10)21(16,17)13-3/h4,6,13H,5H2,1-3H3. The zero-order valence-electron chi connectivity index (χ0n) is 11.7. The summed E-state index contributed by atoms with van der Waals surface area (Å²) in [5.74, 6) is -0.539. The summed E-state index contributed by atoms with van der Waals surface area (Å²) < 4.78 is 30.6. The quantitative estimate of drug-likeness (QED) is 0.838. The van der Waals surface area contributed by atoms with Crippen molar-refractivity contribution in [2.45, 2.75) is 25.3 Å². The van der Waals surface area contributed by atoms with Crippen LogP contribution in [-0.4, -0.2) is 26.4 Å². The Balaban J connectivity index is 2.06. The van der Waals surface area contributed by atoms with Crippen LogP contribution in [0.15, 0.2) is 16.3 Å². The van der Waals surface area contributed by atoms with Gasteiger partial charge in [-0.15, -0.1) is 22.7 Å². The number of ether oxygens (including phenoxy) is 1. The smallest absolute Gasteiger partial charge is 0.348 e. The average molecular weight is 346 g/mol. The fourth-order valence-electron chi connectivity index (χ4n) is 1.59. The summed E-state index contributed by atoms with van der Waals surface area (Å²) in [4.78, 5) is 17.4. The predicted molar refractivity (Wildman–Crippen MR) is 81.3 cm³/mol. The number of nitrogens with one attached hydrogen (secondary N) is 1. The maximum atomic E-state index is 11.9. The molecule has 2 aromatic heterocycles. The highest BCUT2D eigenvalue weighted by Gasteiger charge is 2.18. The van der Waals surface area contributed by atoms with Crippen molar-refractivity contribution in [2.24, 2.45) is 0 Å². The fourth-order valence-corrected chi connectivity index (χ4v) is 4.34. The average Bonchev–Trinajstić information content (AvgIpc) is 3.03. The van der Waals surface area contributed by atoms with E-state index in [1.165, 1.54) is 29.8 Å². The Labute approximate surface area is 130 Å². The first-order valence-corrected chi connectivity index (χ1v) is 9.13. The topological polar surface area (TPSA) is 85.4 Å². The van der Waals surface area contributed by atoms with Crippen molar-refractivity contribution in [3.8, 4) is 0 Å². The minimum absolute atomic E-state index is 0.0618. The highest BCUT2D eigenvalue weighted by molar-refractivity contribution is 7.89. The second-order valence-corrected chi connectivity index (χ2v) is 8.26. The van der Waals surface area contributed by atoms with Gasteiger partial charge in [-0.05, 0) is 27.0 Å². The Bertz CT molecular complexity index is 761. The molecule has 0 aliphatic heterocycles. The summed E-state index contributed by atoms with van der Waals surface area (Å²) in [6, 6.07) is 1.31. The van der Waals surface area contributed by atoms with Gasteiger partial charge in [-0.1, -0.05) is 0 Å². The zero-order chi connectivity index (χ0) is 15.6. The molecule has 0 bridgehead atoms. The zero-order valence-corrected chi connectivity index (χ0v) is 14.1. The number of sulfonamides is 1. The van der Waals surface area contributed by atoms with Gasteiger partial charge in [0.25, 0.3) is 0 Å². The Hall–Kier alpha value is -1.29. The summed E-state index contributed by atoms with van der Waals surface area (Å²) in [5.41, 5.74) is 0.843. The second-order valence-electron chi connectivity index (χ2n) is 4.17. The van der Waals surface area contributed by atoms with Crippen LogP contribution in [0.1, 0.15) is 25.3 Å². The Kier molecular flexibility index (Phi) is 4.77. The van der Waals surface area contributed by atoms with E-state index in [4.69, 9.17) is 4.74 Å². The molecule has 0 radical (unpaired) electrons.